The van der Waals surface area contributed by atoms with Gasteiger partial charge in [0.1, 0.15) is 0 Å². The topological polar surface area (TPSA) is 41.6 Å². The highest BCUT2D eigenvalue weighted by Crippen LogP contribution is 2.28. The van der Waals surface area contributed by atoms with E-state index >= 15 is 0 Å². The molecule has 3 nitrogen and oxygen atoms in total. The van der Waals surface area contributed by atoms with Crippen molar-refractivity contribution in [2.24, 2.45) is 0 Å². The summed E-state index contributed by atoms with van der Waals surface area (Å²) in [4.78, 5) is 5.52. The summed E-state index contributed by atoms with van der Waals surface area (Å²) in [5.41, 5.74) is 5.92. The summed E-state index contributed by atoms with van der Waals surface area (Å²) < 4.78 is 2.13. The average molecular weight is 354 g/mol. The third-order valence-corrected chi connectivity index (χ3v) is 5.07. The molecule has 4 rings (SSSR count). The van der Waals surface area contributed by atoms with Crippen molar-refractivity contribution in [2.45, 2.75) is 11.4 Å². The van der Waals surface area contributed by atoms with Gasteiger partial charge >= 0.3 is 0 Å². The molecule has 4 aromatic rings. The maximum Gasteiger partial charge on any atom is 0.0998 e. The summed E-state index contributed by atoms with van der Waals surface area (Å²) in [6.07, 6.45) is 3.90. The lowest BCUT2D eigenvalue weighted by Gasteiger charge is -2.10. The van der Waals surface area contributed by atoms with Crippen LogP contribution in [0.2, 0.25) is 0 Å². The van der Waals surface area contributed by atoms with Gasteiger partial charge in [-0.2, -0.15) is 5.26 Å². The molecular weight excluding hydrogens is 338 g/mol. The van der Waals surface area contributed by atoms with Crippen molar-refractivity contribution in [3.8, 4) is 17.2 Å². The van der Waals surface area contributed by atoms with Gasteiger partial charge in [0.15, 0.2) is 0 Å². The second-order valence-electron chi connectivity index (χ2n) is 6.00. The van der Waals surface area contributed by atoms with E-state index in [1.807, 2.05) is 55.0 Å². The molecule has 1 aromatic heterocycles. The summed E-state index contributed by atoms with van der Waals surface area (Å²) in [5.74, 6) is 0. The maximum absolute atomic E-state index is 9.52. The fourth-order valence-electron chi connectivity index (χ4n) is 3.09. The molecule has 0 saturated carbocycles. The predicted octanol–water partition coefficient (Wildman–Crippen LogP) is 5.15. The van der Waals surface area contributed by atoms with Gasteiger partial charge in [-0.25, -0.2) is 4.98 Å². The van der Waals surface area contributed by atoms with Gasteiger partial charge in [0.2, 0.25) is 0 Å². The Balaban J connectivity index is 1.75. The molecule has 0 saturated heterocycles. The number of hydrogen-bond acceptors (Lipinski definition) is 3. The number of aromatic nitrogens is 2. The summed E-state index contributed by atoms with van der Waals surface area (Å²) in [7, 11) is 0. The van der Waals surface area contributed by atoms with Crippen LogP contribution in [0.4, 0.5) is 0 Å². The number of fused-ring (bicyclic) bond motifs is 1. The van der Waals surface area contributed by atoms with Gasteiger partial charge in [-0.05, 0) is 59.3 Å². The Morgan fingerprint density at radius 2 is 2.04 bits per heavy atom. The lowest BCUT2D eigenvalue weighted by atomic mass is 9.98. The van der Waals surface area contributed by atoms with Crippen LogP contribution >= 0.6 is 11.8 Å². The zero-order valence-electron chi connectivity index (χ0n) is 14.3. The molecule has 26 heavy (non-hydrogen) atoms. The first-order chi connectivity index (χ1) is 12.8. The molecule has 0 aliphatic carbocycles. The van der Waals surface area contributed by atoms with Gasteiger partial charge in [-0.15, -0.1) is 11.8 Å². The number of imidazole rings is 1. The molecule has 1 radical (unpaired) electrons. The maximum atomic E-state index is 9.52. The summed E-state index contributed by atoms with van der Waals surface area (Å²) in [5, 5.41) is 9.52. The van der Waals surface area contributed by atoms with Crippen molar-refractivity contribution < 1.29 is 0 Å². The molecule has 125 valence electrons. The first-order valence-corrected chi connectivity index (χ1v) is 9.50. The molecule has 0 amide bonds. The van der Waals surface area contributed by atoms with Crippen LogP contribution in [0, 0.1) is 17.4 Å². The molecule has 4 heteroatoms. The third kappa shape index (κ3) is 3.10. The largest absolute Gasteiger partial charge is 0.326 e. The van der Waals surface area contributed by atoms with E-state index in [2.05, 4.69) is 39.9 Å². The van der Waals surface area contributed by atoms with Gasteiger partial charge in [-0.1, -0.05) is 30.3 Å². The molecule has 0 spiro atoms. The van der Waals surface area contributed by atoms with Crippen LogP contribution in [0.1, 0.15) is 11.1 Å². The van der Waals surface area contributed by atoms with E-state index in [0.29, 0.717) is 12.1 Å². The first-order valence-electron chi connectivity index (χ1n) is 8.27. The fraction of sp³-hybridized carbons (Fsp3) is 0.0909. The van der Waals surface area contributed by atoms with Crippen LogP contribution in [0.5, 0.6) is 0 Å². The van der Waals surface area contributed by atoms with Crippen molar-refractivity contribution >= 4 is 22.8 Å². The summed E-state index contributed by atoms with van der Waals surface area (Å²) in [6, 6.07) is 25.6. The van der Waals surface area contributed by atoms with E-state index in [4.69, 9.17) is 0 Å². The highest BCUT2D eigenvalue weighted by Gasteiger charge is 2.09. The Morgan fingerprint density at radius 3 is 2.88 bits per heavy atom. The van der Waals surface area contributed by atoms with Gasteiger partial charge in [-0.3, -0.25) is 0 Å². The lowest BCUT2D eigenvalue weighted by Crippen LogP contribution is -1.99. The molecule has 0 aliphatic rings. The van der Waals surface area contributed by atoms with Gasteiger partial charge in [0.05, 0.1) is 29.0 Å². The number of nitriles is 1. The quantitative estimate of drug-likeness (QED) is 0.476. The number of hydrogen-bond donors (Lipinski definition) is 0. The van der Waals surface area contributed by atoms with Crippen LogP contribution in [-0.4, -0.2) is 15.8 Å². The van der Waals surface area contributed by atoms with Crippen molar-refractivity contribution in [3.63, 3.8) is 0 Å². The minimum atomic E-state index is 0.683. The minimum Gasteiger partial charge on any atom is -0.326 e. The average Bonchev–Trinajstić information content (AvgIpc) is 3.11. The van der Waals surface area contributed by atoms with Crippen LogP contribution in [-0.2, 0) is 6.54 Å². The number of thioether (sulfide) groups is 1. The monoisotopic (exact) mass is 354 g/mol. The van der Waals surface area contributed by atoms with Gasteiger partial charge < -0.3 is 4.57 Å². The van der Waals surface area contributed by atoms with Crippen molar-refractivity contribution in [1.82, 2.24) is 9.55 Å². The molecule has 1 heterocycles. The standard InChI is InChI=1S/C22H16N3S/c1-26-19-6-4-5-17(12-19)20-11-16(9-10-18(20)13-23)14-25-15-24-21-7-2-3-8-22(21)25/h2-5,7-12,15H,14H2,1H3. The second kappa shape index (κ2) is 7.07. The molecule has 0 unspecified atom stereocenters. The molecule has 0 atom stereocenters. The van der Waals surface area contributed by atoms with Crippen LogP contribution in [0.25, 0.3) is 22.2 Å². The van der Waals surface area contributed by atoms with Crippen LogP contribution in [0.3, 0.4) is 0 Å². The molecule has 0 aliphatic heterocycles. The van der Waals surface area contributed by atoms with E-state index in [9.17, 15) is 5.26 Å². The van der Waals surface area contributed by atoms with Crippen molar-refractivity contribution in [1.29, 1.82) is 5.26 Å². The molecular formula is C22H16N3S. The van der Waals surface area contributed by atoms with Crippen molar-refractivity contribution in [2.75, 3.05) is 6.26 Å². The van der Waals surface area contributed by atoms with Crippen LogP contribution < -0.4 is 0 Å². The highest BCUT2D eigenvalue weighted by molar-refractivity contribution is 7.98. The smallest absolute Gasteiger partial charge is 0.0998 e. The number of nitrogens with zero attached hydrogens (tertiary/aromatic N) is 3. The van der Waals surface area contributed by atoms with Gasteiger partial charge in [0.25, 0.3) is 0 Å². The van der Waals surface area contributed by atoms with E-state index in [1.165, 1.54) is 0 Å². The summed E-state index contributed by atoms with van der Waals surface area (Å²) >= 11 is 1.65. The Morgan fingerprint density at radius 1 is 1.15 bits per heavy atom. The van der Waals surface area contributed by atoms with Crippen molar-refractivity contribution in [3.05, 3.63) is 84.2 Å². The molecule has 3 aromatic carbocycles. The normalized spacial score (nSPS) is 10.8. The molecule has 0 fully saturated rings. The Bertz CT molecular complexity index is 1120. The fourth-order valence-corrected chi connectivity index (χ4v) is 3.52. The Kier molecular flexibility index (Phi) is 4.47. The SMILES string of the molecule is CSc1[c]ccc(-c2cc(Cn3cnc4ccccc43)ccc2C#N)c1. The van der Waals surface area contributed by atoms with E-state index in [0.717, 1.165) is 32.6 Å². The lowest BCUT2D eigenvalue weighted by molar-refractivity contribution is 0.824. The van der Waals surface area contributed by atoms with E-state index in [1.54, 1.807) is 11.8 Å². The van der Waals surface area contributed by atoms with E-state index in [-0.39, 0.29) is 0 Å². The summed E-state index contributed by atoms with van der Waals surface area (Å²) in [6.45, 7) is 0.716. The minimum absolute atomic E-state index is 0.683. The Hall–Kier alpha value is -3.03. The van der Waals surface area contributed by atoms with E-state index < -0.39 is 0 Å². The highest BCUT2D eigenvalue weighted by atomic mass is 32.2. The Labute approximate surface area is 156 Å². The zero-order valence-corrected chi connectivity index (χ0v) is 15.1. The molecule has 0 bridgehead atoms. The number of para-hydroxylation sites is 2. The third-order valence-electron chi connectivity index (χ3n) is 4.39. The second-order valence-corrected chi connectivity index (χ2v) is 6.85. The number of rotatable bonds is 4. The predicted molar refractivity (Wildman–Crippen MR) is 106 cm³/mol. The van der Waals surface area contributed by atoms with Crippen LogP contribution in [0.15, 0.2) is 71.9 Å². The van der Waals surface area contributed by atoms with Gasteiger partial charge in [0, 0.05) is 11.4 Å². The number of benzene rings is 3. The zero-order chi connectivity index (χ0) is 17.9. The molecule has 0 N–H and O–H groups in total. The first kappa shape index (κ1) is 16.4.